The van der Waals surface area contributed by atoms with Crippen LogP contribution in [0.25, 0.3) is 0 Å². The second-order valence-electron chi connectivity index (χ2n) is 14.0. The minimum absolute atomic E-state index is 0.0132. The van der Waals surface area contributed by atoms with E-state index in [0.717, 1.165) is 18.4 Å². The molecule has 4 aliphatic carbocycles. The first kappa shape index (κ1) is 36.1. The van der Waals surface area contributed by atoms with Gasteiger partial charge in [0.15, 0.2) is 12.4 Å². The van der Waals surface area contributed by atoms with Gasteiger partial charge >= 0.3 is 11.9 Å². The van der Waals surface area contributed by atoms with Crippen molar-refractivity contribution in [2.24, 2.45) is 28.6 Å². The van der Waals surface area contributed by atoms with Crippen LogP contribution in [-0.4, -0.2) is 93.0 Å². The van der Waals surface area contributed by atoms with Gasteiger partial charge in [0.2, 0.25) is 17.6 Å². The van der Waals surface area contributed by atoms with Gasteiger partial charge in [0.25, 0.3) is 0 Å². The Morgan fingerprint density at radius 1 is 1.09 bits per heavy atom. The number of carboxylic acids is 1. The van der Waals surface area contributed by atoms with E-state index in [0.29, 0.717) is 25.0 Å². The van der Waals surface area contributed by atoms with Crippen molar-refractivity contribution in [3.05, 3.63) is 11.6 Å². The lowest BCUT2D eigenvalue weighted by Gasteiger charge is -2.60. The molecule has 0 saturated heterocycles. The molecule has 0 heterocycles. The van der Waals surface area contributed by atoms with E-state index >= 15 is 0 Å². The fourth-order valence-electron chi connectivity index (χ4n) is 8.87. The predicted molar refractivity (Wildman–Crippen MR) is 168 cm³/mol. The maximum absolute atomic E-state index is 13.5. The first-order chi connectivity index (χ1) is 21.6. The number of carbonyl (C=O) groups is 6. The number of ether oxygens (including phenoxy) is 1. The number of esters is 1. The highest BCUT2D eigenvalue weighted by Gasteiger charge is 2.68. The molecule has 0 unspecified atom stereocenters. The van der Waals surface area contributed by atoms with Crippen molar-refractivity contribution in [3.8, 4) is 0 Å². The number of amides is 2. The van der Waals surface area contributed by atoms with E-state index in [1.807, 2.05) is 13.2 Å². The summed E-state index contributed by atoms with van der Waals surface area (Å²) in [5.41, 5.74) is -1.89. The molecule has 0 aromatic heterocycles. The number of aliphatic carboxylic acids is 1. The Hall–Kier alpha value is -2.77. The molecular formula is C33H48N2O10S. The molecule has 3 fully saturated rings. The fraction of sp³-hybridized carbons (Fsp3) is 0.758. The Balaban J connectivity index is 1.28. The lowest BCUT2D eigenvalue weighted by Crippen LogP contribution is -2.62. The van der Waals surface area contributed by atoms with Crippen molar-refractivity contribution in [3.63, 3.8) is 0 Å². The Morgan fingerprint density at radius 2 is 1.80 bits per heavy atom. The van der Waals surface area contributed by atoms with Gasteiger partial charge in [-0.05, 0) is 93.1 Å². The van der Waals surface area contributed by atoms with Crippen LogP contribution in [0.5, 0.6) is 0 Å². The number of carboxylic acid groups (broad SMARTS) is 1. The highest BCUT2D eigenvalue weighted by molar-refractivity contribution is 7.98. The molecule has 0 radical (unpaired) electrons. The summed E-state index contributed by atoms with van der Waals surface area (Å²) in [6, 6.07) is -2.12. The molecule has 9 atom stereocenters. The summed E-state index contributed by atoms with van der Waals surface area (Å²) in [6.45, 7) is 4.72. The van der Waals surface area contributed by atoms with Crippen molar-refractivity contribution < 1.29 is 48.8 Å². The number of aliphatic hydroxyl groups excluding tert-OH is 1. The molecule has 12 nitrogen and oxygen atoms in total. The van der Waals surface area contributed by atoms with E-state index in [-0.39, 0.29) is 61.1 Å². The monoisotopic (exact) mass is 664 g/mol. The van der Waals surface area contributed by atoms with Crippen LogP contribution in [0.2, 0.25) is 0 Å². The normalized spacial score (nSPS) is 34.6. The number of carbonyl (C=O) groups excluding carboxylic acids is 5. The summed E-state index contributed by atoms with van der Waals surface area (Å²) in [5, 5.41) is 37.5. The Morgan fingerprint density at radius 3 is 2.48 bits per heavy atom. The average molecular weight is 665 g/mol. The van der Waals surface area contributed by atoms with E-state index < -0.39 is 65.3 Å². The van der Waals surface area contributed by atoms with Gasteiger partial charge in [0, 0.05) is 18.3 Å². The summed E-state index contributed by atoms with van der Waals surface area (Å²) in [6.07, 6.45) is 6.05. The molecule has 256 valence electrons. The maximum Gasteiger partial charge on any atom is 0.326 e. The smallest absolute Gasteiger partial charge is 0.326 e. The van der Waals surface area contributed by atoms with Crippen LogP contribution < -0.4 is 10.6 Å². The number of Topliss-reactive ketones (excluding diaryl/α,β-unsaturated/α-hetero) is 1. The van der Waals surface area contributed by atoms with Crippen LogP contribution >= 0.6 is 11.8 Å². The van der Waals surface area contributed by atoms with E-state index in [4.69, 9.17) is 4.74 Å². The third kappa shape index (κ3) is 6.92. The number of allylic oxidation sites excluding steroid dienone is 1. The number of rotatable bonds is 13. The first-order valence-corrected chi connectivity index (χ1v) is 17.6. The molecule has 0 spiro atoms. The van der Waals surface area contributed by atoms with Gasteiger partial charge in [-0.15, -0.1) is 0 Å². The summed E-state index contributed by atoms with van der Waals surface area (Å²) < 4.78 is 5.18. The summed E-state index contributed by atoms with van der Waals surface area (Å²) >= 11 is 1.44. The SMILES string of the molecule is CSCC[C@H](NC(=O)[C@H](C)NC(=O)CCC(=O)OCC(=O)[C@@]1(O)CC[C@@H]2[C@@H]3CCC4=CC(=O)CC[C@]4(C)[C@H]3[C@@H](O)C[C@@]21C)C(=O)O. The van der Waals surface area contributed by atoms with E-state index in [1.165, 1.54) is 18.7 Å². The second-order valence-corrected chi connectivity index (χ2v) is 15.0. The van der Waals surface area contributed by atoms with Crippen molar-refractivity contribution in [2.45, 2.75) is 109 Å². The third-order valence-electron chi connectivity index (χ3n) is 11.4. The number of thioether (sulfide) groups is 1. The van der Waals surface area contributed by atoms with Crippen LogP contribution in [0, 0.1) is 28.6 Å². The summed E-state index contributed by atoms with van der Waals surface area (Å²) in [4.78, 5) is 74.1. The highest BCUT2D eigenvalue weighted by Crippen LogP contribution is 2.67. The van der Waals surface area contributed by atoms with Gasteiger partial charge in [-0.3, -0.25) is 24.0 Å². The van der Waals surface area contributed by atoms with Crippen LogP contribution in [-0.2, 0) is 33.5 Å². The van der Waals surface area contributed by atoms with Gasteiger partial charge < -0.3 is 30.7 Å². The van der Waals surface area contributed by atoms with E-state index in [1.54, 1.807) is 6.08 Å². The number of hydrogen-bond donors (Lipinski definition) is 5. The Labute approximate surface area is 273 Å². The molecule has 2 amide bonds. The molecule has 4 aliphatic rings. The lowest BCUT2D eigenvalue weighted by molar-refractivity contribution is -0.184. The molecule has 0 aliphatic heterocycles. The Bertz CT molecular complexity index is 1290. The summed E-state index contributed by atoms with van der Waals surface area (Å²) in [7, 11) is 0. The van der Waals surface area contributed by atoms with Crippen LogP contribution in [0.4, 0.5) is 0 Å². The number of fused-ring (bicyclic) bond motifs is 5. The topological polar surface area (TPSA) is 196 Å². The zero-order valence-electron chi connectivity index (χ0n) is 27.1. The number of nitrogens with one attached hydrogen (secondary N) is 2. The molecular weight excluding hydrogens is 616 g/mol. The van der Waals surface area contributed by atoms with Gasteiger partial charge in [0.1, 0.15) is 17.7 Å². The van der Waals surface area contributed by atoms with Crippen LogP contribution in [0.3, 0.4) is 0 Å². The molecule has 3 saturated carbocycles. The predicted octanol–water partition coefficient (Wildman–Crippen LogP) is 1.94. The molecule has 0 aromatic rings. The van der Waals surface area contributed by atoms with Crippen molar-refractivity contribution in [2.75, 3.05) is 18.6 Å². The highest BCUT2D eigenvalue weighted by atomic mass is 32.2. The van der Waals surface area contributed by atoms with Gasteiger partial charge in [-0.25, -0.2) is 4.79 Å². The molecule has 0 bridgehead atoms. The lowest BCUT2D eigenvalue weighted by atomic mass is 9.45. The van der Waals surface area contributed by atoms with Crippen molar-refractivity contribution >= 4 is 47.1 Å². The van der Waals surface area contributed by atoms with E-state index in [2.05, 4.69) is 17.6 Å². The number of aliphatic hydroxyl groups is 2. The van der Waals surface area contributed by atoms with Crippen LogP contribution in [0.15, 0.2) is 11.6 Å². The first-order valence-electron chi connectivity index (χ1n) is 16.2. The summed E-state index contributed by atoms with van der Waals surface area (Å²) in [5.74, 6) is -3.25. The Kier molecular flexibility index (Phi) is 11.1. The van der Waals surface area contributed by atoms with E-state index in [9.17, 15) is 44.1 Å². The second kappa shape index (κ2) is 14.1. The zero-order chi connectivity index (χ0) is 34.0. The third-order valence-corrected chi connectivity index (χ3v) is 12.1. The molecule has 46 heavy (non-hydrogen) atoms. The molecule has 5 N–H and O–H groups in total. The fourth-order valence-corrected chi connectivity index (χ4v) is 9.34. The minimum Gasteiger partial charge on any atom is -0.480 e. The molecule has 0 aromatic carbocycles. The standard InChI is InChI=1S/C33H48N2O10S/c1-18(29(41)35-23(30(42)43)11-14-46-4)34-26(39)7-8-27(40)45-17-25(38)33(44)13-10-22-21-6-5-19-15-20(36)9-12-31(19,2)28(21)24(37)16-32(22,33)3/h15,18,21-24,28,37,44H,5-14,16-17H2,1-4H3,(H,34,39)(H,35,41)(H,42,43)/t18-,21-,22+,23-,24-,28+,31-,32-,33-/m0/s1. The molecule has 4 rings (SSSR count). The maximum atomic E-state index is 13.5. The zero-order valence-corrected chi connectivity index (χ0v) is 28.0. The largest absolute Gasteiger partial charge is 0.480 e. The average Bonchev–Trinajstić information content (AvgIpc) is 3.27. The van der Waals surface area contributed by atoms with Crippen molar-refractivity contribution in [1.29, 1.82) is 0 Å². The van der Waals surface area contributed by atoms with Gasteiger partial charge in [-0.2, -0.15) is 11.8 Å². The quantitative estimate of drug-likeness (QED) is 0.181. The van der Waals surface area contributed by atoms with Crippen LogP contribution in [0.1, 0.15) is 85.0 Å². The number of ketones is 2. The van der Waals surface area contributed by atoms with Gasteiger partial charge in [-0.1, -0.05) is 19.4 Å². The minimum atomic E-state index is -1.78. The molecule has 13 heteroatoms. The van der Waals surface area contributed by atoms with Crippen molar-refractivity contribution in [1.82, 2.24) is 10.6 Å². The number of hydrogen-bond acceptors (Lipinski definition) is 10. The van der Waals surface area contributed by atoms with Gasteiger partial charge in [0.05, 0.1) is 12.5 Å².